The minimum absolute atomic E-state index is 0. The molecule has 6 nitrogen and oxygen atoms in total. The Kier molecular flexibility index (Phi) is 7.84. The van der Waals surface area contributed by atoms with Crippen LogP contribution in [0.1, 0.15) is 43.0 Å². The maximum Gasteiger partial charge on any atom is 2.00 e. The Balaban J connectivity index is 0.00000374. The van der Waals surface area contributed by atoms with Crippen LogP contribution in [0, 0.1) is 32.9 Å². The zero-order valence-corrected chi connectivity index (χ0v) is 31.5. The summed E-state index contributed by atoms with van der Waals surface area (Å²) in [5, 5.41) is 4.05. The van der Waals surface area contributed by atoms with E-state index in [9.17, 15) is 0 Å². The van der Waals surface area contributed by atoms with Crippen LogP contribution in [0.4, 0.5) is 0 Å². The number of imidazole rings is 1. The number of aryl methyl sites for hydroxylation is 3. The first-order chi connectivity index (χ1) is 24.1. The number of para-hydroxylation sites is 1. The van der Waals surface area contributed by atoms with Gasteiger partial charge in [-0.15, -0.1) is 23.6 Å². The van der Waals surface area contributed by atoms with Crippen molar-refractivity contribution < 1.29 is 25.8 Å². The van der Waals surface area contributed by atoms with Gasteiger partial charge in [-0.25, -0.2) is 4.98 Å². The van der Waals surface area contributed by atoms with Crippen LogP contribution in [-0.2, 0) is 26.5 Å². The predicted octanol–water partition coefficient (Wildman–Crippen LogP) is 10.8. The average molecular weight is 845 g/mol. The second-order valence-corrected chi connectivity index (χ2v) is 14.3. The minimum atomic E-state index is -0.0139. The van der Waals surface area contributed by atoms with Crippen molar-refractivity contribution in [3.63, 3.8) is 0 Å². The standard InChI is InChI=1S/C44H35N5O.Pt/c1-26-20-27(2)41(28(3)21-26)36-25-48-38-12-9-18-46-42(38)34-16-14-30(23-35(34)43(48)47-36)50-31-13-15-33-32-10-7-8-11-37(32)49(39(33)24-31)40-22-29(17-19-45-40)44(4,5)6;/h7-22,25H,1-6H3;/q-2;+2. The number of hydrogen-bond donors (Lipinski definition) is 0. The van der Waals surface area contributed by atoms with E-state index >= 15 is 0 Å². The maximum absolute atomic E-state index is 6.56. The molecule has 5 aromatic heterocycles. The van der Waals surface area contributed by atoms with Crippen LogP contribution in [0.5, 0.6) is 11.5 Å². The van der Waals surface area contributed by atoms with Crippen molar-refractivity contribution in [2.24, 2.45) is 0 Å². The Labute approximate surface area is 311 Å². The molecule has 0 saturated heterocycles. The monoisotopic (exact) mass is 844 g/mol. The van der Waals surface area contributed by atoms with E-state index in [1.807, 2.05) is 30.6 Å². The van der Waals surface area contributed by atoms with Gasteiger partial charge in [0.05, 0.1) is 22.4 Å². The van der Waals surface area contributed by atoms with Gasteiger partial charge in [0.2, 0.25) is 0 Å². The smallest absolute Gasteiger partial charge is 0.503 e. The summed E-state index contributed by atoms with van der Waals surface area (Å²) in [6, 6.07) is 36.4. The number of fused-ring (bicyclic) bond motifs is 9. The summed E-state index contributed by atoms with van der Waals surface area (Å²) in [7, 11) is 0. The fourth-order valence-corrected chi connectivity index (χ4v) is 7.45. The number of rotatable bonds is 4. The maximum atomic E-state index is 6.56. The summed E-state index contributed by atoms with van der Waals surface area (Å²) in [6.07, 6.45) is 5.84. The van der Waals surface area contributed by atoms with E-state index in [1.165, 1.54) is 22.3 Å². The Hall–Kier alpha value is -5.32. The van der Waals surface area contributed by atoms with Gasteiger partial charge in [-0.1, -0.05) is 85.1 Å². The third-order valence-electron chi connectivity index (χ3n) is 9.70. The van der Waals surface area contributed by atoms with Crippen molar-refractivity contribution >= 4 is 49.3 Å². The summed E-state index contributed by atoms with van der Waals surface area (Å²) < 4.78 is 10.9. The van der Waals surface area contributed by atoms with Gasteiger partial charge >= 0.3 is 21.1 Å². The molecule has 0 unspecified atom stereocenters. The van der Waals surface area contributed by atoms with Crippen LogP contribution < -0.4 is 4.74 Å². The van der Waals surface area contributed by atoms with Crippen molar-refractivity contribution in [1.82, 2.24) is 23.9 Å². The third-order valence-corrected chi connectivity index (χ3v) is 9.70. The summed E-state index contributed by atoms with van der Waals surface area (Å²) in [5.74, 6) is 2.02. The van der Waals surface area contributed by atoms with E-state index in [-0.39, 0.29) is 26.5 Å². The quantitative estimate of drug-likeness (QED) is 0.131. The molecule has 0 aliphatic heterocycles. The van der Waals surface area contributed by atoms with Crippen LogP contribution in [0.15, 0.2) is 104 Å². The summed E-state index contributed by atoms with van der Waals surface area (Å²) in [6.45, 7) is 13.1. The van der Waals surface area contributed by atoms with Gasteiger partial charge in [0.1, 0.15) is 5.82 Å². The summed E-state index contributed by atoms with van der Waals surface area (Å²) in [4.78, 5) is 14.8. The molecular weight excluding hydrogens is 810 g/mol. The zero-order valence-electron chi connectivity index (χ0n) is 29.3. The van der Waals surface area contributed by atoms with E-state index < -0.39 is 0 Å². The van der Waals surface area contributed by atoms with Crippen LogP contribution in [-0.4, -0.2) is 23.9 Å². The molecule has 5 heterocycles. The van der Waals surface area contributed by atoms with E-state index in [0.29, 0.717) is 11.5 Å². The second kappa shape index (κ2) is 12.2. The molecule has 0 bridgehead atoms. The van der Waals surface area contributed by atoms with Crippen molar-refractivity contribution in [3.05, 3.63) is 138 Å². The van der Waals surface area contributed by atoms with Crippen molar-refractivity contribution in [3.8, 4) is 28.6 Å². The number of ether oxygens (including phenoxy) is 1. The van der Waals surface area contributed by atoms with Gasteiger partial charge in [0.25, 0.3) is 0 Å². The topological polar surface area (TPSA) is 57.2 Å². The Morgan fingerprint density at radius 1 is 0.706 bits per heavy atom. The fourth-order valence-electron chi connectivity index (χ4n) is 7.45. The van der Waals surface area contributed by atoms with Gasteiger partial charge in [0, 0.05) is 41.2 Å². The molecule has 0 amide bonds. The van der Waals surface area contributed by atoms with Crippen molar-refractivity contribution in [2.45, 2.75) is 47.0 Å². The largest absolute Gasteiger partial charge is 2.00 e. The van der Waals surface area contributed by atoms with Crippen LogP contribution in [0.3, 0.4) is 0 Å². The van der Waals surface area contributed by atoms with Crippen molar-refractivity contribution in [2.75, 3.05) is 0 Å². The Bertz CT molecular complexity index is 2800. The summed E-state index contributed by atoms with van der Waals surface area (Å²) >= 11 is 0. The van der Waals surface area contributed by atoms with Crippen molar-refractivity contribution in [1.29, 1.82) is 0 Å². The number of benzene rings is 4. The van der Waals surface area contributed by atoms with E-state index in [1.54, 1.807) is 0 Å². The number of aromatic nitrogens is 5. The molecule has 4 aromatic carbocycles. The van der Waals surface area contributed by atoms with E-state index in [4.69, 9.17) is 19.7 Å². The van der Waals surface area contributed by atoms with Crippen LogP contribution >= 0.6 is 0 Å². The molecule has 51 heavy (non-hydrogen) atoms. The van der Waals surface area contributed by atoms with Gasteiger partial charge in [-0.2, -0.15) is 6.07 Å². The average Bonchev–Trinajstić information content (AvgIpc) is 3.67. The second-order valence-electron chi connectivity index (χ2n) is 14.3. The number of pyridine rings is 3. The van der Waals surface area contributed by atoms with Gasteiger partial charge in [-0.3, -0.25) is 9.97 Å². The first-order valence-electron chi connectivity index (χ1n) is 16.9. The van der Waals surface area contributed by atoms with Gasteiger partial charge in [-0.05, 0) is 78.6 Å². The predicted molar refractivity (Wildman–Crippen MR) is 203 cm³/mol. The first-order valence-corrected chi connectivity index (χ1v) is 16.9. The normalized spacial score (nSPS) is 12.0. The molecule has 0 radical (unpaired) electrons. The molecule has 9 aromatic rings. The fraction of sp³-hybridized carbons (Fsp3) is 0.159. The van der Waals surface area contributed by atoms with Gasteiger partial charge < -0.3 is 13.7 Å². The molecule has 0 atom stereocenters. The molecule has 0 fully saturated rings. The SMILES string of the molecule is Cc1cc(C)c(-c2cn3c4cccnc4c4ccc(Oc5[c-]c6c(cc5)c5ccccc5n6-c5cc(C(C)(C)C)ccn5)[c-]c4c3n2)c(C)c1.[Pt+2]. The molecule has 0 aliphatic rings. The first kappa shape index (κ1) is 32.9. The number of nitrogens with zero attached hydrogens (tertiary/aromatic N) is 5. The van der Waals surface area contributed by atoms with Crippen LogP contribution in [0.2, 0.25) is 0 Å². The molecule has 7 heteroatoms. The molecule has 0 aliphatic carbocycles. The number of hydrogen-bond acceptors (Lipinski definition) is 4. The van der Waals surface area contributed by atoms with E-state index in [2.05, 4.69) is 136 Å². The molecule has 0 saturated carbocycles. The Morgan fingerprint density at radius 2 is 1.43 bits per heavy atom. The molecule has 0 spiro atoms. The summed E-state index contributed by atoms with van der Waals surface area (Å²) in [5.41, 5.74) is 11.6. The molecular formula is C44H35N5OPt. The minimum Gasteiger partial charge on any atom is -0.503 e. The van der Waals surface area contributed by atoms with E-state index in [0.717, 1.165) is 66.3 Å². The molecule has 252 valence electrons. The Morgan fingerprint density at radius 3 is 2.22 bits per heavy atom. The van der Waals surface area contributed by atoms with Gasteiger partial charge in [0.15, 0.2) is 0 Å². The zero-order chi connectivity index (χ0) is 34.3. The van der Waals surface area contributed by atoms with Crippen LogP contribution in [0.25, 0.3) is 66.3 Å². The molecule has 9 rings (SSSR count). The molecule has 0 N–H and O–H groups in total. The third kappa shape index (κ3) is 5.41.